The molecule has 17 heavy (non-hydrogen) atoms. The Bertz CT molecular complexity index is 222. The third kappa shape index (κ3) is 4.30. The number of aliphatic hydroxyl groups is 1. The maximum atomic E-state index is 12.3. The standard InChI is InChI=1S/C14H27NO2/c1-3-5-6-13(4-2)14(17)15-9-7-12(11-16)8-10-15/h12-13,16H,3-11H2,1-2H3/t13-/m1/s1. The van der Waals surface area contributed by atoms with E-state index in [4.69, 9.17) is 5.11 Å². The number of hydrogen-bond acceptors (Lipinski definition) is 2. The largest absolute Gasteiger partial charge is 0.396 e. The lowest BCUT2D eigenvalue weighted by molar-refractivity contribution is -0.137. The van der Waals surface area contributed by atoms with Gasteiger partial charge in [0.25, 0.3) is 0 Å². The fourth-order valence-corrected chi connectivity index (χ4v) is 2.55. The zero-order valence-corrected chi connectivity index (χ0v) is 11.3. The molecule has 1 rings (SSSR count). The Morgan fingerprint density at radius 1 is 1.35 bits per heavy atom. The molecule has 1 N–H and O–H groups in total. The Kier molecular flexibility index (Phi) is 6.56. The number of rotatable bonds is 6. The highest BCUT2D eigenvalue weighted by Gasteiger charge is 2.26. The van der Waals surface area contributed by atoms with E-state index in [-0.39, 0.29) is 12.5 Å². The van der Waals surface area contributed by atoms with E-state index in [0.717, 1.165) is 51.6 Å². The molecular formula is C14H27NO2. The highest BCUT2D eigenvalue weighted by atomic mass is 16.3. The minimum atomic E-state index is 0.223. The molecule has 1 saturated heterocycles. The van der Waals surface area contributed by atoms with Crippen LogP contribution in [-0.2, 0) is 4.79 Å². The van der Waals surface area contributed by atoms with Crippen LogP contribution in [0, 0.1) is 11.8 Å². The third-order valence-electron chi connectivity index (χ3n) is 3.93. The Hall–Kier alpha value is -0.570. The van der Waals surface area contributed by atoms with Crippen molar-refractivity contribution < 1.29 is 9.90 Å². The number of likely N-dealkylation sites (tertiary alicyclic amines) is 1. The van der Waals surface area contributed by atoms with Crippen molar-refractivity contribution in [3.05, 3.63) is 0 Å². The van der Waals surface area contributed by atoms with Gasteiger partial charge in [-0.3, -0.25) is 4.79 Å². The van der Waals surface area contributed by atoms with Crippen LogP contribution in [0.15, 0.2) is 0 Å². The van der Waals surface area contributed by atoms with Crippen LogP contribution in [0.1, 0.15) is 52.4 Å². The Morgan fingerprint density at radius 2 is 2.00 bits per heavy atom. The van der Waals surface area contributed by atoms with Crippen molar-refractivity contribution in [2.75, 3.05) is 19.7 Å². The van der Waals surface area contributed by atoms with E-state index < -0.39 is 0 Å². The molecule has 0 aliphatic carbocycles. The molecule has 1 atom stereocenters. The third-order valence-corrected chi connectivity index (χ3v) is 3.93. The highest BCUT2D eigenvalue weighted by Crippen LogP contribution is 2.21. The number of aliphatic hydroxyl groups excluding tert-OH is 1. The molecule has 0 aromatic carbocycles. The van der Waals surface area contributed by atoms with Crippen molar-refractivity contribution in [3.8, 4) is 0 Å². The number of unbranched alkanes of at least 4 members (excludes halogenated alkanes) is 1. The lowest BCUT2D eigenvalue weighted by Crippen LogP contribution is -2.42. The maximum Gasteiger partial charge on any atom is 0.225 e. The van der Waals surface area contributed by atoms with E-state index in [2.05, 4.69) is 13.8 Å². The lowest BCUT2D eigenvalue weighted by atomic mass is 9.94. The molecule has 0 aromatic heterocycles. The van der Waals surface area contributed by atoms with Crippen LogP contribution in [0.25, 0.3) is 0 Å². The molecule has 0 saturated carbocycles. The molecule has 0 bridgehead atoms. The molecule has 1 fully saturated rings. The fourth-order valence-electron chi connectivity index (χ4n) is 2.55. The van der Waals surface area contributed by atoms with Crippen LogP contribution in [0.5, 0.6) is 0 Å². The first-order valence-electron chi connectivity index (χ1n) is 7.12. The second-order valence-electron chi connectivity index (χ2n) is 5.20. The monoisotopic (exact) mass is 241 g/mol. The van der Waals surface area contributed by atoms with E-state index in [1.807, 2.05) is 4.90 Å². The van der Waals surface area contributed by atoms with Gasteiger partial charge in [0.05, 0.1) is 0 Å². The van der Waals surface area contributed by atoms with E-state index in [1.165, 1.54) is 0 Å². The first-order chi connectivity index (χ1) is 8.22. The van der Waals surface area contributed by atoms with Gasteiger partial charge in [0.1, 0.15) is 0 Å². The smallest absolute Gasteiger partial charge is 0.225 e. The molecule has 3 heteroatoms. The quantitative estimate of drug-likeness (QED) is 0.776. The van der Waals surface area contributed by atoms with Gasteiger partial charge in [0, 0.05) is 25.6 Å². The number of amides is 1. The molecule has 0 spiro atoms. The molecule has 100 valence electrons. The summed E-state index contributed by atoms with van der Waals surface area (Å²) in [5.41, 5.74) is 0. The number of nitrogens with zero attached hydrogens (tertiary/aromatic N) is 1. The second-order valence-corrected chi connectivity index (χ2v) is 5.20. The maximum absolute atomic E-state index is 12.3. The fraction of sp³-hybridized carbons (Fsp3) is 0.929. The SMILES string of the molecule is CCCC[C@@H](CC)C(=O)N1CCC(CO)CC1. The predicted molar refractivity (Wildman–Crippen MR) is 69.7 cm³/mol. The summed E-state index contributed by atoms with van der Waals surface area (Å²) in [5.74, 6) is 0.979. The van der Waals surface area contributed by atoms with Crippen molar-refractivity contribution >= 4 is 5.91 Å². The van der Waals surface area contributed by atoms with Crippen LogP contribution in [0.3, 0.4) is 0 Å². The summed E-state index contributed by atoms with van der Waals surface area (Å²) in [6.45, 7) is 6.23. The normalized spacial score (nSPS) is 19.4. The minimum Gasteiger partial charge on any atom is -0.396 e. The van der Waals surface area contributed by atoms with Crippen molar-refractivity contribution in [2.45, 2.75) is 52.4 Å². The summed E-state index contributed by atoms with van der Waals surface area (Å²) in [7, 11) is 0. The molecule has 3 nitrogen and oxygen atoms in total. The van der Waals surface area contributed by atoms with Crippen LogP contribution >= 0.6 is 0 Å². The van der Waals surface area contributed by atoms with Crippen molar-refractivity contribution in [1.29, 1.82) is 0 Å². The van der Waals surface area contributed by atoms with Gasteiger partial charge >= 0.3 is 0 Å². The van der Waals surface area contributed by atoms with E-state index in [9.17, 15) is 4.79 Å². The van der Waals surface area contributed by atoms with Gasteiger partial charge in [0.2, 0.25) is 5.91 Å². The molecule has 1 amide bonds. The predicted octanol–water partition coefficient (Wildman–Crippen LogP) is 2.43. The molecule has 0 radical (unpaired) electrons. The molecule has 1 aliphatic rings. The first kappa shape index (κ1) is 14.5. The minimum absolute atomic E-state index is 0.223. The van der Waals surface area contributed by atoms with Gasteiger partial charge in [-0.25, -0.2) is 0 Å². The second kappa shape index (κ2) is 7.70. The first-order valence-corrected chi connectivity index (χ1v) is 7.12. The van der Waals surface area contributed by atoms with Gasteiger partial charge in [-0.15, -0.1) is 0 Å². The topological polar surface area (TPSA) is 40.5 Å². The van der Waals surface area contributed by atoms with Gasteiger partial charge in [-0.05, 0) is 31.6 Å². The van der Waals surface area contributed by atoms with Gasteiger partial charge < -0.3 is 10.0 Å². The highest BCUT2D eigenvalue weighted by molar-refractivity contribution is 5.78. The van der Waals surface area contributed by atoms with E-state index >= 15 is 0 Å². The Balaban J connectivity index is 2.40. The number of carbonyl (C=O) groups excluding carboxylic acids is 1. The van der Waals surface area contributed by atoms with Crippen LogP contribution in [0.2, 0.25) is 0 Å². The Morgan fingerprint density at radius 3 is 2.47 bits per heavy atom. The number of piperidine rings is 1. The van der Waals surface area contributed by atoms with Crippen molar-refractivity contribution in [2.24, 2.45) is 11.8 Å². The van der Waals surface area contributed by atoms with Crippen LogP contribution in [0.4, 0.5) is 0 Å². The summed E-state index contributed by atoms with van der Waals surface area (Å²) >= 11 is 0. The van der Waals surface area contributed by atoms with Crippen LogP contribution in [-0.4, -0.2) is 35.6 Å². The van der Waals surface area contributed by atoms with Gasteiger partial charge in [-0.1, -0.05) is 26.7 Å². The van der Waals surface area contributed by atoms with Crippen LogP contribution < -0.4 is 0 Å². The van der Waals surface area contributed by atoms with Gasteiger partial charge in [0.15, 0.2) is 0 Å². The summed E-state index contributed by atoms with van der Waals surface area (Å²) < 4.78 is 0. The van der Waals surface area contributed by atoms with E-state index in [0.29, 0.717) is 11.8 Å². The van der Waals surface area contributed by atoms with Gasteiger partial charge in [-0.2, -0.15) is 0 Å². The van der Waals surface area contributed by atoms with E-state index in [1.54, 1.807) is 0 Å². The number of carbonyl (C=O) groups is 1. The molecule has 1 heterocycles. The average Bonchev–Trinajstić information content (AvgIpc) is 2.39. The number of hydrogen-bond donors (Lipinski definition) is 1. The average molecular weight is 241 g/mol. The summed E-state index contributed by atoms with van der Waals surface area (Å²) in [6.07, 6.45) is 6.23. The summed E-state index contributed by atoms with van der Waals surface area (Å²) in [4.78, 5) is 14.3. The van der Waals surface area contributed by atoms with Crippen molar-refractivity contribution in [3.63, 3.8) is 0 Å². The molecule has 0 unspecified atom stereocenters. The molecule has 0 aromatic rings. The zero-order chi connectivity index (χ0) is 12.7. The van der Waals surface area contributed by atoms with Crippen molar-refractivity contribution in [1.82, 2.24) is 4.90 Å². The zero-order valence-electron chi connectivity index (χ0n) is 11.3. The molecular weight excluding hydrogens is 214 g/mol. The molecule has 1 aliphatic heterocycles. The summed E-state index contributed by atoms with van der Waals surface area (Å²) in [5, 5.41) is 9.08. The lowest BCUT2D eigenvalue weighted by Gasteiger charge is -2.33. The Labute approximate surface area is 105 Å². The summed E-state index contributed by atoms with van der Waals surface area (Å²) in [6, 6.07) is 0.